The maximum atomic E-state index is 11.0. The number of ether oxygens (including phenoxy) is 5. The molecule has 8 nitrogen and oxygen atoms in total. The first kappa shape index (κ1) is 22.8. The first-order chi connectivity index (χ1) is 11.5. The van der Waals surface area contributed by atoms with Crippen molar-refractivity contribution < 1.29 is 38.4 Å². The summed E-state index contributed by atoms with van der Waals surface area (Å²) >= 11 is 0. The van der Waals surface area contributed by atoms with Crippen molar-refractivity contribution in [1.29, 1.82) is 0 Å². The SMILES string of the molecule is CCCCOC(COCCOC(C)=O)C(COC(C)=O)OCCO. The van der Waals surface area contributed by atoms with E-state index in [1.54, 1.807) is 0 Å². The Balaban J connectivity index is 4.49. The van der Waals surface area contributed by atoms with Crippen molar-refractivity contribution in [2.75, 3.05) is 46.2 Å². The van der Waals surface area contributed by atoms with Crippen molar-refractivity contribution in [2.45, 2.75) is 45.8 Å². The first-order valence-electron chi connectivity index (χ1n) is 8.19. The summed E-state index contributed by atoms with van der Waals surface area (Å²) in [5, 5.41) is 8.93. The van der Waals surface area contributed by atoms with Gasteiger partial charge in [0.15, 0.2) is 0 Å². The molecular formula is C16H30O8. The van der Waals surface area contributed by atoms with Crippen LogP contribution in [0.15, 0.2) is 0 Å². The van der Waals surface area contributed by atoms with Crippen molar-refractivity contribution in [2.24, 2.45) is 0 Å². The van der Waals surface area contributed by atoms with Crippen LogP contribution in [0, 0.1) is 0 Å². The Bertz CT molecular complexity index is 334. The quantitative estimate of drug-likeness (QED) is 0.340. The van der Waals surface area contributed by atoms with Gasteiger partial charge in [-0.1, -0.05) is 13.3 Å². The maximum absolute atomic E-state index is 11.0. The highest BCUT2D eigenvalue weighted by molar-refractivity contribution is 5.66. The van der Waals surface area contributed by atoms with Gasteiger partial charge >= 0.3 is 11.9 Å². The lowest BCUT2D eigenvalue weighted by atomic mass is 10.2. The molecule has 142 valence electrons. The van der Waals surface area contributed by atoms with Gasteiger partial charge in [0.2, 0.25) is 0 Å². The lowest BCUT2D eigenvalue weighted by Gasteiger charge is -2.27. The van der Waals surface area contributed by atoms with Crippen LogP contribution in [0.25, 0.3) is 0 Å². The van der Waals surface area contributed by atoms with E-state index in [0.717, 1.165) is 12.8 Å². The molecule has 0 aromatic carbocycles. The molecule has 0 saturated carbocycles. The summed E-state index contributed by atoms with van der Waals surface area (Å²) < 4.78 is 26.5. The zero-order valence-electron chi connectivity index (χ0n) is 14.8. The van der Waals surface area contributed by atoms with Crippen LogP contribution in [0.4, 0.5) is 0 Å². The van der Waals surface area contributed by atoms with Crippen LogP contribution in [0.2, 0.25) is 0 Å². The van der Waals surface area contributed by atoms with Crippen LogP contribution >= 0.6 is 0 Å². The Morgan fingerprint density at radius 3 is 2.08 bits per heavy atom. The lowest BCUT2D eigenvalue weighted by molar-refractivity contribution is -0.157. The lowest BCUT2D eigenvalue weighted by Crippen LogP contribution is -2.40. The molecule has 0 heterocycles. The van der Waals surface area contributed by atoms with Gasteiger partial charge in [-0.15, -0.1) is 0 Å². The summed E-state index contributed by atoms with van der Waals surface area (Å²) in [6.45, 7) is 5.76. The van der Waals surface area contributed by atoms with Crippen molar-refractivity contribution in [3.05, 3.63) is 0 Å². The molecule has 0 aliphatic rings. The number of hydrogen-bond donors (Lipinski definition) is 1. The van der Waals surface area contributed by atoms with Crippen LogP contribution in [0.1, 0.15) is 33.6 Å². The summed E-state index contributed by atoms with van der Waals surface area (Å²) in [5.41, 5.74) is 0. The predicted octanol–water partition coefficient (Wildman–Crippen LogP) is 0.692. The van der Waals surface area contributed by atoms with Crippen LogP contribution in [-0.4, -0.2) is 75.5 Å². The minimum absolute atomic E-state index is 0.0133. The molecule has 0 bridgehead atoms. The molecule has 1 N–H and O–H groups in total. The van der Waals surface area contributed by atoms with E-state index in [9.17, 15) is 9.59 Å². The zero-order chi connectivity index (χ0) is 18.2. The Morgan fingerprint density at radius 1 is 0.875 bits per heavy atom. The number of esters is 2. The van der Waals surface area contributed by atoms with Crippen molar-refractivity contribution in [3.63, 3.8) is 0 Å². The molecule has 0 aromatic heterocycles. The molecule has 2 atom stereocenters. The Morgan fingerprint density at radius 2 is 1.50 bits per heavy atom. The number of carbonyl (C=O) groups is 2. The van der Waals surface area contributed by atoms with Crippen molar-refractivity contribution in [3.8, 4) is 0 Å². The van der Waals surface area contributed by atoms with Gasteiger partial charge in [0.1, 0.15) is 25.4 Å². The van der Waals surface area contributed by atoms with E-state index in [-0.39, 0.29) is 45.6 Å². The normalized spacial score (nSPS) is 13.3. The average Bonchev–Trinajstić information content (AvgIpc) is 2.53. The molecule has 0 amide bonds. The minimum Gasteiger partial charge on any atom is -0.463 e. The third kappa shape index (κ3) is 13.2. The van der Waals surface area contributed by atoms with Gasteiger partial charge in [0.25, 0.3) is 0 Å². The third-order valence-electron chi connectivity index (χ3n) is 2.93. The molecule has 0 radical (unpaired) electrons. The number of hydrogen-bond acceptors (Lipinski definition) is 8. The zero-order valence-corrected chi connectivity index (χ0v) is 14.8. The van der Waals surface area contributed by atoms with E-state index in [1.807, 2.05) is 6.92 Å². The maximum Gasteiger partial charge on any atom is 0.302 e. The molecule has 24 heavy (non-hydrogen) atoms. The highest BCUT2D eigenvalue weighted by Gasteiger charge is 2.25. The fourth-order valence-corrected chi connectivity index (χ4v) is 1.75. The Labute approximate surface area is 143 Å². The summed E-state index contributed by atoms with van der Waals surface area (Å²) in [7, 11) is 0. The average molecular weight is 350 g/mol. The Hall–Kier alpha value is -1.22. The highest BCUT2D eigenvalue weighted by Crippen LogP contribution is 2.09. The number of aliphatic hydroxyl groups is 1. The number of unbranched alkanes of at least 4 members (excludes halogenated alkanes) is 1. The standard InChI is InChI=1S/C16H30O8/c1-4-5-7-22-15(11-20-9-10-21-13(2)18)16(23-8-6-17)12-24-14(3)19/h15-17H,4-12H2,1-3H3. The molecular weight excluding hydrogens is 320 g/mol. The predicted molar refractivity (Wildman–Crippen MR) is 85.6 cm³/mol. The van der Waals surface area contributed by atoms with Crippen LogP contribution < -0.4 is 0 Å². The molecule has 0 aliphatic heterocycles. The van der Waals surface area contributed by atoms with E-state index in [2.05, 4.69) is 0 Å². The number of rotatable bonds is 15. The second-order valence-corrected chi connectivity index (χ2v) is 5.11. The van der Waals surface area contributed by atoms with Gasteiger partial charge in [-0.05, 0) is 6.42 Å². The van der Waals surface area contributed by atoms with E-state index < -0.39 is 18.2 Å². The van der Waals surface area contributed by atoms with E-state index in [4.69, 9.17) is 28.8 Å². The third-order valence-corrected chi connectivity index (χ3v) is 2.93. The van der Waals surface area contributed by atoms with Crippen LogP contribution in [0.5, 0.6) is 0 Å². The molecule has 0 spiro atoms. The van der Waals surface area contributed by atoms with E-state index in [0.29, 0.717) is 6.61 Å². The molecule has 0 aromatic rings. The summed E-state index contributed by atoms with van der Waals surface area (Å²) in [6, 6.07) is 0. The number of carbonyl (C=O) groups excluding carboxylic acids is 2. The summed E-state index contributed by atoms with van der Waals surface area (Å²) in [4.78, 5) is 21.7. The molecule has 0 fully saturated rings. The Kier molecular flexibility index (Phi) is 14.5. The second kappa shape index (κ2) is 15.3. The fraction of sp³-hybridized carbons (Fsp3) is 0.875. The van der Waals surface area contributed by atoms with Crippen molar-refractivity contribution >= 4 is 11.9 Å². The second-order valence-electron chi connectivity index (χ2n) is 5.11. The van der Waals surface area contributed by atoms with Gasteiger partial charge in [0, 0.05) is 20.5 Å². The minimum atomic E-state index is -0.549. The van der Waals surface area contributed by atoms with Gasteiger partial charge < -0.3 is 28.8 Å². The smallest absolute Gasteiger partial charge is 0.302 e. The summed E-state index contributed by atoms with van der Waals surface area (Å²) in [5.74, 6) is -0.788. The number of aliphatic hydroxyl groups excluding tert-OH is 1. The largest absolute Gasteiger partial charge is 0.463 e. The van der Waals surface area contributed by atoms with E-state index in [1.165, 1.54) is 13.8 Å². The summed E-state index contributed by atoms with van der Waals surface area (Å²) in [6.07, 6.45) is 0.850. The topological polar surface area (TPSA) is 101 Å². The molecule has 0 aliphatic carbocycles. The van der Waals surface area contributed by atoms with Gasteiger partial charge in [-0.3, -0.25) is 9.59 Å². The van der Waals surface area contributed by atoms with E-state index >= 15 is 0 Å². The molecule has 0 saturated heterocycles. The van der Waals surface area contributed by atoms with Crippen LogP contribution in [-0.2, 0) is 33.3 Å². The van der Waals surface area contributed by atoms with Gasteiger partial charge in [-0.25, -0.2) is 0 Å². The highest BCUT2D eigenvalue weighted by atomic mass is 16.6. The monoisotopic (exact) mass is 350 g/mol. The molecule has 2 unspecified atom stereocenters. The van der Waals surface area contributed by atoms with Crippen LogP contribution in [0.3, 0.4) is 0 Å². The molecule has 8 heteroatoms. The first-order valence-corrected chi connectivity index (χ1v) is 8.19. The van der Waals surface area contributed by atoms with Gasteiger partial charge in [0.05, 0.1) is 26.4 Å². The molecule has 0 rings (SSSR count). The fourth-order valence-electron chi connectivity index (χ4n) is 1.75. The van der Waals surface area contributed by atoms with Crippen molar-refractivity contribution in [1.82, 2.24) is 0 Å². The van der Waals surface area contributed by atoms with Gasteiger partial charge in [-0.2, -0.15) is 0 Å².